The molecule has 0 aromatic rings. The van der Waals surface area contributed by atoms with Crippen molar-refractivity contribution in [3.05, 3.63) is 0 Å². The maximum absolute atomic E-state index is 5.19. The van der Waals surface area contributed by atoms with Crippen LogP contribution in [0.5, 0.6) is 0 Å². The Balaban J connectivity index is -0.000000115. The largest absolute Gasteiger partial charge is 0.331 e. The minimum absolute atomic E-state index is 0.750. The predicted molar refractivity (Wildman–Crippen MR) is 57.1 cm³/mol. The highest BCUT2D eigenvalue weighted by atomic mass is 15.1. The van der Waals surface area contributed by atoms with Crippen LogP contribution in [0.1, 0.15) is 13.8 Å². The van der Waals surface area contributed by atoms with Crippen LogP contribution in [0.25, 0.3) is 0 Å². The highest BCUT2D eigenvalue weighted by Gasteiger charge is 1.79. The quantitative estimate of drug-likeness (QED) is 0.529. The Morgan fingerprint density at radius 1 is 0.917 bits per heavy atom. The highest BCUT2D eigenvalue weighted by molar-refractivity contribution is 4.38. The molecule has 0 aromatic heterocycles. The van der Waals surface area contributed by atoms with Gasteiger partial charge in [0.2, 0.25) is 0 Å². The van der Waals surface area contributed by atoms with Gasteiger partial charge in [0.25, 0.3) is 0 Å². The molecule has 0 saturated carbocycles. The Kier molecular flexibility index (Phi) is 33.3. The van der Waals surface area contributed by atoms with Crippen LogP contribution in [0.4, 0.5) is 0 Å². The average molecular weight is 178 g/mol. The van der Waals surface area contributed by atoms with Crippen LogP contribution < -0.4 is 17.2 Å². The number of nitrogens with zero attached hydrogens (tertiary/aromatic N) is 1. The third-order valence-electron chi connectivity index (χ3n) is 0.576. The lowest BCUT2D eigenvalue weighted by atomic mass is 10.6. The van der Waals surface area contributed by atoms with Crippen molar-refractivity contribution in [1.82, 2.24) is 4.90 Å². The normalized spacial score (nSPS) is 8.00. The molecule has 0 saturated heterocycles. The fraction of sp³-hybridized carbons (Fsp3) is 1.00. The van der Waals surface area contributed by atoms with Crippen LogP contribution in [0.2, 0.25) is 0 Å². The lowest BCUT2D eigenvalue weighted by molar-refractivity contribution is 0.420. The molecule has 0 heterocycles. The molecule has 0 spiro atoms. The summed E-state index contributed by atoms with van der Waals surface area (Å²) in [5.41, 5.74) is 14.9. The van der Waals surface area contributed by atoms with E-state index in [1.807, 2.05) is 27.9 Å². The van der Waals surface area contributed by atoms with Crippen molar-refractivity contribution in [3.8, 4) is 0 Å². The molecule has 12 heavy (non-hydrogen) atoms. The predicted octanol–water partition coefficient (Wildman–Crippen LogP) is -0.563. The van der Waals surface area contributed by atoms with Crippen LogP contribution in [-0.2, 0) is 0 Å². The molecule has 0 amide bonds. The van der Waals surface area contributed by atoms with E-state index in [1.165, 1.54) is 0 Å². The van der Waals surface area contributed by atoms with E-state index in [2.05, 4.69) is 4.90 Å². The Bertz CT molecular complexity index is 46.3. The second kappa shape index (κ2) is 22.4. The zero-order chi connectivity index (χ0) is 10.4. The summed E-state index contributed by atoms with van der Waals surface area (Å²) in [6.45, 7) is 7.05. The van der Waals surface area contributed by atoms with Gasteiger partial charge in [-0.25, -0.2) is 0 Å². The summed E-state index contributed by atoms with van der Waals surface area (Å²) in [7, 11) is 4.01. The van der Waals surface area contributed by atoms with E-state index in [1.54, 1.807) is 0 Å². The topological polar surface area (TPSA) is 81.3 Å². The number of hydrogen-bond donors (Lipinski definition) is 3. The lowest BCUT2D eigenvalue weighted by Crippen LogP contribution is -2.20. The van der Waals surface area contributed by atoms with E-state index in [-0.39, 0.29) is 0 Å². The number of rotatable bonds is 2. The van der Waals surface area contributed by atoms with Crippen LogP contribution in [0, 0.1) is 0 Å². The van der Waals surface area contributed by atoms with E-state index >= 15 is 0 Å². The van der Waals surface area contributed by atoms with Crippen molar-refractivity contribution in [3.63, 3.8) is 0 Å². The molecule has 4 nitrogen and oxygen atoms in total. The first-order chi connectivity index (χ1) is 5.60. The van der Waals surface area contributed by atoms with Gasteiger partial charge in [0.1, 0.15) is 0 Å². The van der Waals surface area contributed by atoms with E-state index in [9.17, 15) is 0 Å². The fourth-order valence-corrected chi connectivity index (χ4v) is 0.258. The van der Waals surface area contributed by atoms with Crippen LogP contribution >= 0.6 is 0 Å². The Morgan fingerprint density at radius 2 is 1.17 bits per heavy atom. The van der Waals surface area contributed by atoms with Crippen LogP contribution in [-0.4, -0.2) is 45.2 Å². The summed E-state index contributed by atoms with van der Waals surface area (Å²) in [6.07, 6.45) is 0. The third-order valence-corrected chi connectivity index (χ3v) is 0.576. The lowest BCUT2D eigenvalue weighted by Gasteiger charge is -2.03. The molecule has 6 N–H and O–H groups in total. The average Bonchev–Trinajstić information content (AvgIpc) is 1.89. The molecule has 0 atom stereocenters. The molecule has 0 radical (unpaired) electrons. The minimum Gasteiger partial charge on any atom is -0.331 e. The molecule has 4 heteroatoms. The van der Waals surface area contributed by atoms with E-state index in [0.29, 0.717) is 0 Å². The van der Waals surface area contributed by atoms with Gasteiger partial charge in [-0.3, -0.25) is 0 Å². The molecular weight excluding hydrogens is 152 g/mol. The fourth-order valence-electron chi connectivity index (χ4n) is 0.258. The van der Waals surface area contributed by atoms with Gasteiger partial charge in [0, 0.05) is 13.1 Å². The third kappa shape index (κ3) is 95.3. The van der Waals surface area contributed by atoms with Crippen molar-refractivity contribution in [1.29, 1.82) is 0 Å². The monoisotopic (exact) mass is 178 g/mol. The smallest absolute Gasteiger partial charge is 0.00985 e. The van der Waals surface area contributed by atoms with Gasteiger partial charge in [-0.2, -0.15) is 0 Å². The van der Waals surface area contributed by atoms with Crippen LogP contribution in [0.15, 0.2) is 0 Å². The van der Waals surface area contributed by atoms with Crippen molar-refractivity contribution in [2.24, 2.45) is 17.2 Å². The van der Waals surface area contributed by atoms with E-state index in [0.717, 1.165) is 26.2 Å². The molecule has 0 unspecified atom stereocenters. The van der Waals surface area contributed by atoms with Gasteiger partial charge in [-0.1, -0.05) is 13.8 Å². The summed E-state index contributed by atoms with van der Waals surface area (Å²) >= 11 is 0. The molecule has 78 valence electrons. The van der Waals surface area contributed by atoms with Gasteiger partial charge < -0.3 is 22.1 Å². The van der Waals surface area contributed by atoms with Crippen molar-refractivity contribution < 1.29 is 0 Å². The van der Waals surface area contributed by atoms with Crippen molar-refractivity contribution in [2.45, 2.75) is 13.8 Å². The van der Waals surface area contributed by atoms with Gasteiger partial charge in [-0.15, -0.1) is 0 Å². The molecule has 0 aliphatic rings. The number of likely N-dealkylation sites (N-methyl/N-ethyl adjacent to an activating group) is 1. The first kappa shape index (κ1) is 17.8. The van der Waals surface area contributed by atoms with Crippen molar-refractivity contribution >= 4 is 0 Å². The van der Waals surface area contributed by atoms with Gasteiger partial charge in [-0.05, 0) is 27.2 Å². The summed E-state index contributed by atoms with van der Waals surface area (Å²) < 4.78 is 0. The number of nitrogens with two attached hydrogens (primary N) is 3. The Hall–Kier alpha value is -0.160. The van der Waals surface area contributed by atoms with E-state index in [4.69, 9.17) is 17.2 Å². The minimum atomic E-state index is 0.750. The Morgan fingerprint density at radius 3 is 1.17 bits per heavy atom. The molecule has 0 bridgehead atoms. The molecule has 0 aromatic carbocycles. The summed E-state index contributed by atoms with van der Waals surface area (Å²) in [4.78, 5) is 2.06. The Labute approximate surface area is 77.1 Å². The highest BCUT2D eigenvalue weighted by Crippen LogP contribution is 1.64. The standard InChI is InChI=1S/C4H12N2.2C2H7N/c1-6(2)4-3-5;2*1-2-3/h3-5H2,1-2H3;2*2-3H2,1H3. The second-order valence-electron chi connectivity index (χ2n) is 2.41. The first-order valence-electron chi connectivity index (χ1n) is 4.35. The zero-order valence-electron chi connectivity index (χ0n) is 9.01. The van der Waals surface area contributed by atoms with Gasteiger partial charge in [0.05, 0.1) is 0 Å². The second-order valence-corrected chi connectivity index (χ2v) is 2.41. The SMILES string of the molecule is CCN.CCN.CN(C)CCN. The van der Waals surface area contributed by atoms with Gasteiger partial charge in [0.15, 0.2) is 0 Å². The van der Waals surface area contributed by atoms with Crippen molar-refractivity contribution in [2.75, 3.05) is 40.3 Å². The van der Waals surface area contributed by atoms with Crippen LogP contribution in [0.3, 0.4) is 0 Å². The van der Waals surface area contributed by atoms with E-state index < -0.39 is 0 Å². The number of hydrogen-bond acceptors (Lipinski definition) is 4. The molecule has 0 fully saturated rings. The molecule has 0 rings (SSSR count). The maximum atomic E-state index is 5.19. The molecule has 0 aliphatic heterocycles. The summed E-state index contributed by atoms with van der Waals surface area (Å²) in [5, 5.41) is 0. The molecular formula is C8H26N4. The maximum Gasteiger partial charge on any atom is 0.00985 e. The molecule has 0 aliphatic carbocycles. The zero-order valence-corrected chi connectivity index (χ0v) is 9.01. The van der Waals surface area contributed by atoms with Gasteiger partial charge >= 0.3 is 0 Å². The summed E-state index contributed by atoms with van der Waals surface area (Å²) in [6, 6.07) is 0. The first-order valence-corrected chi connectivity index (χ1v) is 4.35. The summed E-state index contributed by atoms with van der Waals surface area (Å²) in [5.74, 6) is 0.